The van der Waals surface area contributed by atoms with E-state index in [0.717, 1.165) is 12.5 Å². The fourth-order valence-electron chi connectivity index (χ4n) is 2.92. The van der Waals surface area contributed by atoms with E-state index < -0.39 is 0 Å². The molecule has 1 fully saturated rings. The summed E-state index contributed by atoms with van der Waals surface area (Å²) in [5.41, 5.74) is 1.45. The van der Waals surface area contributed by atoms with Gasteiger partial charge in [0.2, 0.25) is 0 Å². The summed E-state index contributed by atoms with van der Waals surface area (Å²) in [4.78, 5) is 0. The Morgan fingerprint density at radius 3 is 2.71 bits per heavy atom. The quantitative estimate of drug-likeness (QED) is 0.624. The van der Waals surface area contributed by atoms with Gasteiger partial charge in [0.1, 0.15) is 0 Å². The number of hydrogen-bond acceptors (Lipinski definition) is 1. The molecule has 0 aromatic heterocycles. The van der Waals surface area contributed by atoms with Crippen LogP contribution < -0.4 is 0 Å². The van der Waals surface area contributed by atoms with E-state index in [-0.39, 0.29) is 0 Å². The van der Waals surface area contributed by atoms with Gasteiger partial charge in [0.15, 0.2) is 0 Å². The normalized spacial score (nSPS) is 30.1. The Hall–Kier alpha value is -0.300. The monoisotopic (exact) mass is 238 g/mol. The lowest BCUT2D eigenvalue weighted by molar-refractivity contribution is 0.00272. The smallest absolute Gasteiger partial charge is 0.0807 e. The van der Waals surface area contributed by atoms with Crippen molar-refractivity contribution in [3.8, 4) is 0 Å². The Morgan fingerprint density at radius 2 is 2.12 bits per heavy atom. The summed E-state index contributed by atoms with van der Waals surface area (Å²) in [6.07, 6.45) is 7.95. The first-order chi connectivity index (χ1) is 8.04. The van der Waals surface area contributed by atoms with Gasteiger partial charge in [0.05, 0.1) is 6.10 Å². The lowest BCUT2D eigenvalue weighted by Crippen LogP contribution is -2.28. The van der Waals surface area contributed by atoms with Crippen molar-refractivity contribution < 1.29 is 4.74 Å². The highest BCUT2D eigenvalue weighted by Crippen LogP contribution is 2.27. The van der Waals surface area contributed by atoms with Crippen molar-refractivity contribution in [2.75, 3.05) is 6.61 Å². The van der Waals surface area contributed by atoms with E-state index in [2.05, 4.69) is 40.7 Å². The van der Waals surface area contributed by atoms with Crippen LogP contribution in [0.5, 0.6) is 0 Å². The highest BCUT2D eigenvalue weighted by Gasteiger charge is 2.23. The van der Waals surface area contributed by atoms with Gasteiger partial charge < -0.3 is 4.74 Å². The zero-order valence-electron chi connectivity index (χ0n) is 12.3. The molecule has 0 saturated carbocycles. The van der Waals surface area contributed by atoms with Crippen LogP contribution in [0.2, 0.25) is 0 Å². The first kappa shape index (κ1) is 14.8. The van der Waals surface area contributed by atoms with Gasteiger partial charge in [-0.1, -0.05) is 40.2 Å². The average molecular weight is 238 g/mol. The Kier molecular flexibility index (Phi) is 6.26. The Bertz CT molecular complexity index is 244. The minimum absolute atomic E-state index is 0.378. The molecule has 0 aliphatic carbocycles. The van der Waals surface area contributed by atoms with Crippen molar-refractivity contribution in [3.05, 3.63) is 11.6 Å². The van der Waals surface area contributed by atoms with Gasteiger partial charge in [0, 0.05) is 6.61 Å². The average Bonchev–Trinajstić information content (AvgIpc) is 2.29. The van der Waals surface area contributed by atoms with E-state index in [4.69, 9.17) is 4.74 Å². The van der Waals surface area contributed by atoms with Gasteiger partial charge in [-0.25, -0.2) is 0 Å². The standard InChI is InChI=1S/C16H30O/c1-6-12(2)10-13(3)11-15(5)16-14(4)8-7-9-17-16/h11-14,16H,6-10H2,1-5H3/b15-11+/t12-,13+,14+,16+/m0/s1. The lowest BCUT2D eigenvalue weighted by Gasteiger charge is -2.30. The van der Waals surface area contributed by atoms with E-state index >= 15 is 0 Å². The Labute approximate surface area is 108 Å². The minimum atomic E-state index is 0.378. The highest BCUT2D eigenvalue weighted by molar-refractivity contribution is 5.09. The Morgan fingerprint density at radius 1 is 1.41 bits per heavy atom. The van der Waals surface area contributed by atoms with Gasteiger partial charge in [0.25, 0.3) is 0 Å². The lowest BCUT2D eigenvalue weighted by atomic mass is 9.88. The third kappa shape index (κ3) is 4.83. The molecular weight excluding hydrogens is 208 g/mol. The maximum atomic E-state index is 5.92. The fraction of sp³-hybridized carbons (Fsp3) is 0.875. The van der Waals surface area contributed by atoms with Crippen LogP contribution in [0.4, 0.5) is 0 Å². The predicted octanol–water partition coefficient (Wildman–Crippen LogP) is 4.82. The van der Waals surface area contributed by atoms with Gasteiger partial charge in [-0.15, -0.1) is 0 Å². The first-order valence-electron chi connectivity index (χ1n) is 7.34. The zero-order chi connectivity index (χ0) is 12.8. The van der Waals surface area contributed by atoms with Crippen molar-refractivity contribution in [2.24, 2.45) is 17.8 Å². The van der Waals surface area contributed by atoms with Crippen molar-refractivity contribution in [2.45, 2.75) is 66.4 Å². The van der Waals surface area contributed by atoms with Gasteiger partial charge >= 0.3 is 0 Å². The van der Waals surface area contributed by atoms with Crippen LogP contribution in [0.15, 0.2) is 11.6 Å². The first-order valence-corrected chi connectivity index (χ1v) is 7.34. The molecule has 0 amide bonds. The second kappa shape index (κ2) is 7.20. The molecule has 1 aliphatic heterocycles. The minimum Gasteiger partial charge on any atom is -0.374 e. The third-order valence-corrected chi connectivity index (χ3v) is 4.09. The number of allylic oxidation sites excluding steroid dienone is 1. The molecule has 17 heavy (non-hydrogen) atoms. The summed E-state index contributed by atoms with van der Waals surface area (Å²) in [5, 5.41) is 0. The number of rotatable bonds is 5. The summed E-state index contributed by atoms with van der Waals surface area (Å²) in [6, 6.07) is 0. The maximum Gasteiger partial charge on any atom is 0.0807 e. The van der Waals surface area contributed by atoms with Crippen LogP contribution in [-0.2, 0) is 4.74 Å². The van der Waals surface area contributed by atoms with E-state index in [9.17, 15) is 0 Å². The highest BCUT2D eigenvalue weighted by atomic mass is 16.5. The summed E-state index contributed by atoms with van der Waals surface area (Å²) in [6.45, 7) is 12.5. The van der Waals surface area contributed by atoms with Crippen LogP contribution in [-0.4, -0.2) is 12.7 Å². The summed E-state index contributed by atoms with van der Waals surface area (Å²) < 4.78 is 5.92. The van der Waals surface area contributed by atoms with Crippen molar-refractivity contribution >= 4 is 0 Å². The van der Waals surface area contributed by atoms with Crippen LogP contribution in [0.1, 0.15) is 60.3 Å². The maximum absolute atomic E-state index is 5.92. The molecule has 1 saturated heterocycles. The second-order valence-corrected chi connectivity index (χ2v) is 6.05. The van der Waals surface area contributed by atoms with E-state index in [1.165, 1.54) is 31.3 Å². The van der Waals surface area contributed by atoms with E-state index in [1.807, 2.05) is 0 Å². The van der Waals surface area contributed by atoms with Crippen molar-refractivity contribution in [1.29, 1.82) is 0 Å². The second-order valence-electron chi connectivity index (χ2n) is 6.05. The molecule has 1 rings (SSSR count). The van der Waals surface area contributed by atoms with Gasteiger partial charge in [-0.05, 0) is 49.5 Å². The molecule has 1 nitrogen and oxygen atoms in total. The zero-order valence-corrected chi connectivity index (χ0v) is 12.3. The number of ether oxygens (including phenoxy) is 1. The summed E-state index contributed by atoms with van der Waals surface area (Å²) >= 11 is 0. The molecule has 100 valence electrons. The molecule has 4 atom stereocenters. The molecule has 0 aromatic rings. The fourth-order valence-corrected chi connectivity index (χ4v) is 2.92. The van der Waals surface area contributed by atoms with Gasteiger partial charge in [-0.2, -0.15) is 0 Å². The van der Waals surface area contributed by atoms with Crippen LogP contribution in [0.3, 0.4) is 0 Å². The van der Waals surface area contributed by atoms with E-state index in [0.29, 0.717) is 17.9 Å². The number of hydrogen-bond donors (Lipinski definition) is 0. The molecule has 1 heteroatoms. The van der Waals surface area contributed by atoms with Gasteiger partial charge in [-0.3, -0.25) is 0 Å². The molecule has 1 aliphatic rings. The van der Waals surface area contributed by atoms with Crippen LogP contribution in [0.25, 0.3) is 0 Å². The van der Waals surface area contributed by atoms with Crippen molar-refractivity contribution in [3.63, 3.8) is 0 Å². The molecule has 0 bridgehead atoms. The molecule has 0 unspecified atom stereocenters. The Balaban J connectivity index is 2.51. The summed E-state index contributed by atoms with van der Waals surface area (Å²) in [5.74, 6) is 2.21. The van der Waals surface area contributed by atoms with Crippen molar-refractivity contribution in [1.82, 2.24) is 0 Å². The SMILES string of the molecule is CC[C@H](C)C[C@@H](C)/C=C(\C)[C@@H]1OCCC[C@H]1C. The molecule has 1 heterocycles. The summed E-state index contributed by atoms with van der Waals surface area (Å²) in [7, 11) is 0. The van der Waals surface area contributed by atoms with Crippen LogP contribution in [0, 0.1) is 17.8 Å². The predicted molar refractivity (Wildman–Crippen MR) is 75.1 cm³/mol. The topological polar surface area (TPSA) is 9.23 Å². The third-order valence-electron chi connectivity index (χ3n) is 4.09. The van der Waals surface area contributed by atoms with E-state index in [1.54, 1.807) is 0 Å². The molecule has 0 spiro atoms. The van der Waals surface area contributed by atoms with Crippen LogP contribution >= 0.6 is 0 Å². The molecular formula is C16H30O. The molecule has 0 radical (unpaired) electrons. The molecule has 0 aromatic carbocycles. The largest absolute Gasteiger partial charge is 0.374 e. The molecule has 0 N–H and O–H groups in total.